The Bertz CT molecular complexity index is 554. The Morgan fingerprint density at radius 1 is 1.20 bits per heavy atom. The molecule has 1 aromatic rings. The average molecular weight is 279 g/mol. The molecule has 8 heteroatoms. The Hall–Kier alpha value is -2.77. The lowest BCUT2D eigenvalue weighted by atomic mass is 10.2. The molecule has 0 aliphatic carbocycles. The highest BCUT2D eigenvalue weighted by atomic mass is 16.5. The molecular formula is C12H13N3O5-2. The predicted octanol–water partition coefficient (Wildman–Crippen LogP) is 1.54. The van der Waals surface area contributed by atoms with Gasteiger partial charge in [-0.15, -0.1) is 0 Å². The lowest BCUT2D eigenvalue weighted by Gasteiger charge is -2.13. The summed E-state index contributed by atoms with van der Waals surface area (Å²) in [5.41, 5.74) is -0.582. The zero-order chi connectivity index (χ0) is 15.1. The van der Waals surface area contributed by atoms with E-state index >= 15 is 0 Å². The molecule has 108 valence electrons. The number of benzene rings is 1. The average Bonchev–Trinajstić information content (AvgIpc) is 2.48. The molecule has 0 atom stereocenters. The Morgan fingerprint density at radius 3 is 2.40 bits per heavy atom. The van der Waals surface area contributed by atoms with E-state index in [4.69, 9.17) is 9.47 Å². The lowest BCUT2D eigenvalue weighted by molar-refractivity contribution is -0.110. The minimum atomic E-state index is -0.847. The number of hydrogen-bond donors (Lipinski definition) is 1. The second-order valence-corrected chi connectivity index (χ2v) is 3.64. The van der Waals surface area contributed by atoms with Crippen LogP contribution in [0.4, 0.5) is 5.69 Å². The van der Waals surface area contributed by atoms with Crippen LogP contribution in [-0.4, -0.2) is 31.6 Å². The first-order chi connectivity index (χ1) is 9.57. The molecule has 0 spiro atoms. The summed E-state index contributed by atoms with van der Waals surface area (Å²) >= 11 is 0. The Morgan fingerprint density at radius 2 is 1.90 bits per heavy atom. The molecule has 0 heterocycles. The van der Waals surface area contributed by atoms with Crippen LogP contribution in [0.5, 0.6) is 11.5 Å². The van der Waals surface area contributed by atoms with E-state index in [9.17, 15) is 15.2 Å². The van der Waals surface area contributed by atoms with Crippen LogP contribution in [-0.2, 0) is 4.79 Å². The van der Waals surface area contributed by atoms with E-state index in [2.05, 4.69) is 15.6 Å². The first-order valence-corrected chi connectivity index (χ1v) is 5.48. The van der Waals surface area contributed by atoms with Crippen molar-refractivity contribution in [1.29, 1.82) is 0 Å². The summed E-state index contributed by atoms with van der Waals surface area (Å²) in [5, 5.41) is 28.3. The van der Waals surface area contributed by atoms with Gasteiger partial charge in [0.2, 0.25) is 0 Å². The number of nitrogens with one attached hydrogen (secondary N) is 1. The largest absolute Gasteiger partial charge is 0.792 e. The molecule has 0 saturated heterocycles. The fraction of sp³-hybridized carbons (Fsp3) is 0.250. The van der Waals surface area contributed by atoms with Gasteiger partial charge in [-0.3, -0.25) is 4.79 Å². The number of carbonyl (C=O) groups excluding carboxylic acids is 1. The Labute approximate surface area is 115 Å². The molecule has 0 unspecified atom stereocenters. The van der Waals surface area contributed by atoms with E-state index in [1.165, 1.54) is 27.2 Å². The standard InChI is InChI=1S/C12H15N3O5/c1-7(14-17)11(15-18)12(16)13-9-5-4-8(19-2)6-10(9)20-3/h4-6,17-18H,1-3H3,(H,13,16)/p-2/b14-7-,15-11+. The van der Waals surface area contributed by atoms with E-state index in [-0.39, 0.29) is 5.71 Å². The van der Waals surface area contributed by atoms with E-state index in [0.717, 1.165) is 0 Å². The van der Waals surface area contributed by atoms with Crippen molar-refractivity contribution in [1.82, 2.24) is 0 Å². The number of hydrogen-bond acceptors (Lipinski definition) is 7. The Kier molecular flexibility index (Phi) is 5.33. The van der Waals surface area contributed by atoms with Gasteiger partial charge in [0, 0.05) is 6.07 Å². The molecule has 1 N–H and O–H groups in total. The van der Waals surface area contributed by atoms with Gasteiger partial charge in [-0.25, -0.2) is 0 Å². The summed E-state index contributed by atoms with van der Waals surface area (Å²) in [5.74, 6) is 0.0232. The van der Waals surface area contributed by atoms with Crippen molar-refractivity contribution in [3.05, 3.63) is 28.6 Å². The SMILES string of the molecule is COc1ccc(NC(=O)C(=N/[O-])/C(C)=N\[O-])c(OC)c1. The van der Waals surface area contributed by atoms with Gasteiger partial charge in [0.1, 0.15) is 17.2 Å². The number of nitrogens with zero attached hydrogens (tertiary/aromatic N) is 2. The number of rotatable bonds is 5. The first kappa shape index (κ1) is 15.3. The highest BCUT2D eigenvalue weighted by molar-refractivity contribution is 6.68. The normalized spacial score (nSPS) is 11.9. The summed E-state index contributed by atoms with van der Waals surface area (Å²) in [6, 6.07) is 4.68. The van der Waals surface area contributed by atoms with Gasteiger partial charge >= 0.3 is 0 Å². The number of methoxy groups -OCH3 is 2. The molecule has 0 fully saturated rings. The molecule has 0 aromatic heterocycles. The number of carbonyl (C=O) groups is 1. The molecule has 20 heavy (non-hydrogen) atoms. The molecule has 0 aliphatic heterocycles. The fourth-order valence-corrected chi connectivity index (χ4v) is 1.40. The monoisotopic (exact) mass is 279 g/mol. The van der Waals surface area contributed by atoms with E-state index in [0.29, 0.717) is 17.2 Å². The van der Waals surface area contributed by atoms with Gasteiger partial charge in [-0.2, -0.15) is 0 Å². The summed E-state index contributed by atoms with van der Waals surface area (Å²) in [7, 11) is 2.90. The van der Waals surface area contributed by atoms with E-state index < -0.39 is 11.6 Å². The third-order valence-electron chi connectivity index (χ3n) is 2.44. The smallest absolute Gasteiger partial charge is 0.275 e. The van der Waals surface area contributed by atoms with E-state index in [1.807, 2.05) is 0 Å². The molecule has 0 bridgehead atoms. The minimum Gasteiger partial charge on any atom is -0.792 e. The number of amides is 1. The van der Waals surface area contributed by atoms with Gasteiger partial charge < -0.3 is 35.5 Å². The van der Waals surface area contributed by atoms with E-state index in [1.54, 1.807) is 12.1 Å². The van der Waals surface area contributed by atoms with Gasteiger partial charge in [-0.05, 0) is 19.1 Å². The van der Waals surface area contributed by atoms with Crippen LogP contribution in [0.2, 0.25) is 0 Å². The number of anilines is 1. The van der Waals surface area contributed by atoms with Crippen LogP contribution < -0.4 is 14.8 Å². The maximum absolute atomic E-state index is 11.8. The van der Waals surface area contributed by atoms with Crippen molar-refractivity contribution in [2.45, 2.75) is 6.92 Å². The summed E-state index contributed by atoms with van der Waals surface area (Å²) in [4.78, 5) is 11.8. The maximum atomic E-state index is 11.8. The van der Waals surface area contributed by atoms with Crippen LogP contribution in [0.25, 0.3) is 0 Å². The second kappa shape index (κ2) is 6.98. The molecule has 0 saturated carbocycles. The number of ether oxygens (including phenoxy) is 2. The molecule has 1 aromatic carbocycles. The third kappa shape index (κ3) is 3.37. The molecule has 0 aliphatic rings. The second-order valence-electron chi connectivity index (χ2n) is 3.64. The van der Waals surface area contributed by atoms with Crippen LogP contribution in [0, 0.1) is 10.4 Å². The predicted molar refractivity (Wildman–Crippen MR) is 75.5 cm³/mol. The van der Waals surface area contributed by atoms with Crippen LogP contribution in [0.3, 0.4) is 0 Å². The van der Waals surface area contributed by atoms with Crippen molar-refractivity contribution in [2.24, 2.45) is 10.3 Å². The van der Waals surface area contributed by atoms with Gasteiger partial charge in [0.15, 0.2) is 0 Å². The quantitative estimate of drug-likeness (QED) is 0.647. The molecule has 8 nitrogen and oxygen atoms in total. The first-order valence-electron chi connectivity index (χ1n) is 5.48. The summed E-state index contributed by atoms with van der Waals surface area (Å²) in [6.45, 7) is 1.22. The van der Waals surface area contributed by atoms with Crippen molar-refractivity contribution in [3.63, 3.8) is 0 Å². The van der Waals surface area contributed by atoms with Gasteiger partial charge in [-0.1, -0.05) is 0 Å². The molecule has 1 rings (SSSR count). The van der Waals surface area contributed by atoms with Crippen LogP contribution in [0.1, 0.15) is 6.92 Å². The zero-order valence-electron chi connectivity index (χ0n) is 11.2. The fourth-order valence-electron chi connectivity index (χ4n) is 1.40. The third-order valence-corrected chi connectivity index (χ3v) is 2.44. The van der Waals surface area contributed by atoms with Gasteiger partial charge in [0.25, 0.3) is 5.91 Å². The molecular weight excluding hydrogens is 266 g/mol. The van der Waals surface area contributed by atoms with Crippen molar-refractivity contribution in [2.75, 3.05) is 19.5 Å². The lowest BCUT2D eigenvalue weighted by Crippen LogP contribution is -2.28. The van der Waals surface area contributed by atoms with Crippen LogP contribution >= 0.6 is 0 Å². The molecule has 1 amide bonds. The molecule has 0 radical (unpaired) electrons. The maximum Gasteiger partial charge on any atom is 0.275 e. The van der Waals surface area contributed by atoms with Crippen LogP contribution in [0.15, 0.2) is 28.5 Å². The van der Waals surface area contributed by atoms with Crippen molar-refractivity contribution in [3.8, 4) is 11.5 Å². The minimum absolute atomic E-state index is 0.301. The summed E-state index contributed by atoms with van der Waals surface area (Å²) in [6.07, 6.45) is 0. The van der Waals surface area contributed by atoms with Gasteiger partial charge in [0.05, 0.1) is 25.6 Å². The topological polar surface area (TPSA) is 118 Å². The highest BCUT2D eigenvalue weighted by Crippen LogP contribution is 2.28. The Balaban J connectivity index is 3.01. The highest BCUT2D eigenvalue weighted by Gasteiger charge is 2.15. The zero-order valence-corrected chi connectivity index (χ0v) is 11.2. The van der Waals surface area contributed by atoms with Crippen molar-refractivity contribution < 1.29 is 14.3 Å². The van der Waals surface area contributed by atoms with Crippen molar-refractivity contribution >= 4 is 23.0 Å². The summed E-state index contributed by atoms with van der Waals surface area (Å²) < 4.78 is 10.1.